The third-order valence-corrected chi connectivity index (χ3v) is 4.02. The Hall–Kier alpha value is -0.860. The summed E-state index contributed by atoms with van der Waals surface area (Å²) in [5.41, 5.74) is 7.57. The zero-order chi connectivity index (χ0) is 13.1. The third kappa shape index (κ3) is 3.33. The van der Waals surface area contributed by atoms with Gasteiger partial charge in [-0.2, -0.15) is 0 Å². The summed E-state index contributed by atoms with van der Waals surface area (Å²) < 4.78 is 5.86. The molecule has 0 saturated carbocycles. The number of hydrogen-bond acceptors (Lipinski definition) is 2. The van der Waals surface area contributed by atoms with Gasteiger partial charge in [-0.05, 0) is 57.1 Å². The van der Waals surface area contributed by atoms with E-state index < -0.39 is 0 Å². The highest BCUT2D eigenvalue weighted by Crippen LogP contribution is 2.43. The van der Waals surface area contributed by atoms with Gasteiger partial charge in [-0.1, -0.05) is 30.3 Å². The number of benzene rings is 1. The van der Waals surface area contributed by atoms with Crippen LogP contribution in [0.2, 0.25) is 0 Å². The van der Waals surface area contributed by atoms with Crippen LogP contribution < -0.4 is 5.73 Å². The maximum atomic E-state index is 5.86. The second kappa shape index (κ2) is 5.41. The fraction of sp³-hybridized carbons (Fsp3) is 0.625. The Balaban J connectivity index is 2.16. The first-order chi connectivity index (χ1) is 8.55. The van der Waals surface area contributed by atoms with Crippen LogP contribution in [0, 0.1) is 5.41 Å². The molecule has 1 aromatic rings. The van der Waals surface area contributed by atoms with Gasteiger partial charge in [0.15, 0.2) is 0 Å². The lowest BCUT2D eigenvalue weighted by Crippen LogP contribution is -2.43. The SMILES string of the molecule is CC1(C)C[C@@](CCN)(Cc2ccccc2)CCO1. The Labute approximate surface area is 111 Å². The molecule has 2 nitrogen and oxygen atoms in total. The molecule has 1 atom stereocenters. The van der Waals surface area contributed by atoms with E-state index in [9.17, 15) is 0 Å². The number of nitrogens with two attached hydrogens (primary N) is 1. The molecule has 0 amide bonds. The van der Waals surface area contributed by atoms with Crippen molar-refractivity contribution in [1.82, 2.24) is 0 Å². The second-order valence-corrected chi connectivity index (χ2v) is 6.24. The molecule has 0 bridgehead atoms. The van der Waals surface area contributed by atoms with Crippen LogP contribution >= 0.6 is 0 Å². The highest BCUT2D eigenvalue weighted by Gasteiger charge is 2.40. The first-order valence-corrected chi connectivity index (χ1v) is 6.93. The molecule has 1 aliphatic rings. The Morgan fingerprint density at radius 1 is 1.22 bits per heavy atom. The summed E-state index contributed by atoms with van der Waals surface area (Å²) in [5, 5.41) is 0. The van der Waals surface area contributed by atoms with Crippen LogP contribution in [0.25, 0.3) is 0 Å². The molecule has 1 heterocycles. The number of rotatable bonds is 4. The van der Waals surface area contributed by atoms with Gasteiger partial charge in [-0.3, -0.25) is 0 Å². The third-order valence-electron chi connectivity index (χ3n) is 4.02. The van der Waals surface area contributed by atoms with E-state index in [1.54, 1.807) is 0 Å². The molecule has 0 aromatic heterocycles. The van der Waals surface area contributed by atoms with Crippen molar-refractivity contribution in [3.63, 3.8) is 0 Å². The fourth-order valence-corrected chi connectivity index (χ4v) is 3.37. The summed E-state index contributed by atoms with van der Waals surface area (Å²) in [5.74, 6) is 0. The molecule has 2 rings (SSSR count). The monoisotopic (exact) mass is 247 g/mol. The molecular formula is C16H25NO. The van der Waals surface area contributed by atoms with Gasteiger partial charge in [0.1, 0.15) is 0 Å². The Morgan fingerprint density at radius 3 is 2.56 bits per heavy atom. The lowest BCUT2D eigenvalue weighted by molar-refractivity contribution is -0.106. The number of ether oxygens (including phenoxy) is 1. The van der Waals surface area contributed by atoms with Crippen LogP contribution in [-0.4, -0.2) is 18.8 Å². The van der Waals surface area contributed by atoms with Gasteiger partial charge in [-0.15, -0.1) is 0 Å². The molecule has 1 aromatic carbocycles. The van der Waals surface area contributed by atoms with E-state index >= 15 is 0 Å². The van der Waals surface area contributed by atoms with Crippen LogP contribution in [0.1, 0.15) is 38.7 Å². The minimum absolute atomic E-state index is 0.0117. The summed E-state index contributed by atoms with van der Waals surface area (Å²) in [4.78, 5) is 0. The molecule has 0 radical (unpaired) electrons. The number of hydrogen-bond donors (Lipinski definition) is 1. The molecule has 1 fully saturated rings. The molecule has 0 spiro atoms. The minimum atomic E-state index is -0.0117. The summed E-state index contributed by atoms with van der Waals surface area (Å²) in [7, 11) is 0. The second-order valence-electron chi connectivity index (χ2n) is 6.24. The zero-order valence-corrected chi connectivity index (χ0v) is 11.6. The molecule has 1 aliphatic heterocycles. The van der Waals surface area contributed by atoms with Crippen molar-refractivity contribution in [2.75, 3.05) is 13.2 Å². The highest BCUT2D eigenvalue weighted by molar-refractivity contribution is 5.17. The van der Waals surface area contributed by atoms with Crippen LogP contribution in [0.4, 0.5) is 0 Å². The van der Waals surface area contributed by atoms with Crippen molar-refractivity contribution in [2.24, 2.45) is 11.1 Å². The van der Waals surface area contributed by atoms with Crippen molar-refractivity contribution in [1.29, 1.82) is 0 Å². The first kappa shape index (κ1) is 13.6. The van der Waals surface area contributed by atoms with Gasteiger partial charge in [0, 0.05) is 6.61 Å². The highest BCUT2D eigenvalue weighted by atomic mass is 16.5. The standard InChI is InChI=1S/C16H25NO/c1-15(2)13-16(8-10-17,9-11-18-15)12-14-6-4-3-5-7-14/h3-7H,8-13,17H2,1-2H3/t16-/m1/s1. The Kier molecular flexibility index (Phi) is 4.08. The predicted octanol–water partition coefficient (Wildman–Crippen LogP) is 3.15. The summed E-state index contributed by atoms with van der Waals surface area (Å²) in [6.07, 6.45) is 4.45. The van der Waals surface area contributed by atoms with Gasteiger partial charge in [0.25, 0.3) is 0 Å². The summed E-state index contributed by atoms with van der Waals surface area (Å²) in [6, 6.07) is 10.8. The first-order valence-electron chi connectivity index (χ1n) is 6.93. The van der Waals surface area contributed by atoms with Gasteiger partial charge < -0.3 is 10.5 Å². The van der Waals surface area contributed by atoms with Crippen LogP contribution in [-0.2, 0) is 11.2 Å². The van der Waals surface area contributed by atoms with E-state index in [-0.39, 0.29) is 5.60 Å². The molecule has 0 aliphatic carbocycles. The maximum absolute atomic E-state index is 5.86. The predicted molar refractivity (Wildman–Crippen MR) is 75.5 cm³/mol. The van der Waals surface area contributed by atoms with Gasteiger partial charge >= 0.3 is 0 Å². The van der Waals surface area contributed by atoms with Crippen LogP contribution in [0.3, 0.4) is 0 Å². The van der Waals surface area contributed by atoms with E-state index in [0.717, 1.165) is 38.8 Å². The van der Waals surface area contributed by atoms with E-state index in [0.29, 0.717) is 5.41 Å². The summed E-state index contributed by atoms with van der Waals surface area (Å²) >= 11 is 0. The molecule has 18 heavy (non-hydrogen) atoms. The van der Waals surface area contributed by atoms with Gasteiger partial charge in [0.2, 0.25) is 0 Å². The van der Waals surface area contributed by atoms with Gasteiger partial charge in [-0.25, -0.2) is 0 Å². The van der Waals surface area contributed by atoms with Crippen LogP contribution in [0.15, 0.2) is 30.3 Å². The Morgan fingerprint density at radius 2 is 1.94 bits per heavy atom. The molecule has 2 heteroatoms. The largest absolute Gasteiger partial charge is 0.376 e. The van der Waals surface area contributed by atoms with Crippen molar-refractivity contribution in [2.45, 2.75) is 45.1 Å². The van der Waals surface area contributed by atoms with Gasteiger partial charge in [0.05, 0.1) is 5.60 Å². The lowest BCUT2D eigenvalue weighted by Gasteiger charge is -2.45. The smallest absolute Gasteiger partial charge is 0.0631 e. The Bertz CT molecular complexity index is 370. The average Bonchev–Trinajstić information content (AvgIpc) is 2.29. The van der Waals surface area contributed by atoms with Crippen LogP contribution in [0.5, 0.6) is 0 Å². The molecular weight excluding hydrogens is 222 g/mol. The summed E-state index contributed by atoms with van der Waals surface area (Å²) in [6.45, 7) is 6.02. The topological polar surface area (TPSA) is 35.2 Å². The van der Waals surface area contributed by atoms with Crippen molar-refractivity contribution < 1.29 is 4.74 Å². The average molecular weight is 247 g/mol. The van der Waals surface area contributed by atoms with E-state index in [1.807, 2.05) is 0 Å². The molecule has 0 unspecified atom stereocenters. The van der Waals surface area contributed by atoms with Crippen molar-refractivity contribution in [3.8, 4) is 0 Å². The quantitative estimate of drug-likeness (QED) is 0.887. The lowest BCUT2D eigenvalue weighted by atomic mass is 9.68. The zero-order valence-electron chi connectivity index (χ0n) is 11.6. The van der Waals surface area contributed by atoms with E-state index in [1.165, 1.54) is 5.56 Å². The van der Waals surface area contributed by atoms with Crippen molar-refractivity contribution >= 4 is 0 Å². The fourth-order valence-electron chi connectivity index (χ4n) is 3.37. The normalized spacial score (nSPS) is 27.1. The van der Waals surface area contributed by atoms with Crippen molar-refractivity contribution in [3.05, 3.63) is 35.9 Å². The molecule has 2 N–H and O–H groups in total. The minimum Gasteiger partial charge on any atom is -0.376 e. The molecule has 1 saturated heterocycles. The molecule has 100 valence electrons. The maximum Gasteiger partial charge on any atom is 0.0631 e. The van der Waals surface area contributed by atoms with E-state index in [2.05, 4.69) is 44.2 Å². The van der Waals surface area contributed by atoms with E-state index in [4.69, 9.17) is 10.5 Å².